The van der Waals surface area contributed by atoms with Crippen molar-refractivity contribution in [3.05, 3.63) is 48.6 Å². The highest BCUT2D eigenvalue weighted by Gasteiger charge is 1.84. The van der Waals surface area contributed by atoms with Crippen molar-refractivity contribution in [2.75, 3.05) is 7.11 Å². The summed E-state index contributed by atoms with van der Waals surface area (Å²) in [6, 6.07) is 10.1. The van der Waals surface area contributed by atoms with E-state index in [0.717, 1.165) is 0 Å². The van der Waals surface area contributed by atoms with Gasteiger partial charge in [-0.05, 0) is 11.6 Å². The van der Waals surface area contributed by atoms with E-state index >= 15 is 0 Å². The van der Waals surface area contributed by atoms with E-state index in [1.54, 1.807) is 7.11 Å². The lowest BCUT2D eigenvalue weighted by molar-refractivity contribution is -0.104. The summed E-state index contributed by atoms with van der Waals surface area (Å²) in [6.07, 6.45) is 1.83. The predicted octanol–water partition coefficient (Wildman–Crippen LogP) is 2.20. The van der Waals surface area contributed by atoms with E-state index in [1.807, 2.05) is 30.3 Å². The number of hydrogen-bond acceptors (Lipinski definition) is 2. The summed E-state index contributed by atoms with van der Waals surface area (Å²) in [5.74, 6) is 0. The Kier molecular flexibility index (Phi) is 7.74. The van der Waals surface area contributed by atoms with Crippen molar-refractivity contribution in [2.45, 2.75) is 6.61 Å². The van der Waals surface area contributed by atoms with Gasteiger partial charge >= 0.3 is 0 Å². The third kappa shape index (κ3) is 6.97. The Hall–Kier alpha value is -1.41. The van der Waals surface area contributed by atoms with E-state index in [4.69, 9.17) is 9.53 Å². The first-order chi connectivity index (χ1) is 6.35. The van der Waals surface area contributed by atoms with Crippen LogP contribution in [0.15, 0.2) is 43.0 Å². The maximum atomic E-state index is 9.06. The summed E-state index contributed by atoms with van der Waals surface area (Å²) < 4.78 is 4.93. The number of benzene rings is 1. The Morgan fingerprint density at radius 3 is 2.31 bits per heavy atom. The summed E-state index contributed by atoms with van der Waals surface area (Å²) >= 11 is 0. The molecular formula is C11H14O2. The largest absolute Gasteiger partial charge is 0.380 e. The van der Waals surface area contributed by atoms with Crippen LogP contribution in [0.5, 0.6) is 0 Å². The molecule has 1 rings (SSSR count). The van der Waals surface area contributed by atoms with E-state index < -0.39 is 0 Å². The van der Waals surface area contributed by atoms with Crippen molar-refractivity contribution in [1.29, 1.82) is 0 Å². The molecule has 0 aliphatic carbocycles. The first-order valence-electron chi connectivity index (χ1n) is 3.94. The van der Waals surface area contributed by atoms with Gasteiger partial charge in [-0.25, -0.2) is 0 Å². The zero-order valence-electron chi connectivity index (χ0n) is 7.77. The van der Waals surface area contributed by atoms with Crippen LogP contribution in [0.4, 0.5) is 0 Å². The van der Waals surface area contributed by atoms with E-state index in [2.05, 4.69) is 6.58 Å². The summed E-state index contributed by atoms with van der Waals surface area (Å²) in [7, 11) is 1.70. The highest BCUT2D eigenvalue weighted by atomic mass is 16.5. The fraction of sp³-hybridized carbons (Fsp3) is 0.182. The van der Waals surface area contributed by atoms with Gasteiger partial charge in [0, 0.05) is 7.11 Å². The molecule has 0 unspecified atom stereocenters. The molecule has 0 aromatic heterocycles. The average Bonchev–Trinajstić information content (AvgIpc) is 2.20. The van der Waals surface area contributed by atoms with Crippen LogP contribution < -0.4 is 0 Å². The zero-order chi connectivity index (χ0) is 9.94. The lowest BCUT2D eigenvalue weighted by Crippen LogP contribution is -1.84. The van der Waals surface area contributed by atoms with Gasteiger partial charge in [-0.15, -0.1) is 0 Å². The third-order valence-electron chi connectivity index (χ3n) is 1.25. The highest BCUT2D eigenvalue weighted by molar-refractivity contribution is 5.63. The molecule has 2 nitrogen and oxygen atoms in total. The van der Waals surface area contributed by atoms with Crippen molar-refractivity contribution in [1.82, 2.24) is 0 Å². The topological polar surface area (TPSA) is 26.3 Å². The van der Waals surface area contributed by atoms with Gasteiger partial charge in [-0.2, -0.15) is 0 Å². The molecule has 0 saturated carbocycles. The number of methoxy groups -OCH3 is 1. The Morgan fingerprint density at radius 1 is 1.38 bits per heavy atom. The van der Waals surface area contributed by atoms with E-state index in [0.29, 0.717) is 12.9 Å². The Balaban J connectivity index is 0.000000310. The smallest absolute Gasteiger partial charge is 0.142 e. The van der Waals surface area contributed by atoms with E-state index in [-0.39, 0.29) is 0 Å². The van der Waals surface area contributed by atoms with Gasteiger partial charge in [0.15, 0.2) is 0 Å². The molecule has 0 fully saturated rings. The average molecular weight is 178 g/mol. The van der Waals surface area contributed by atoms with Crippen LogP contribution in [0.2, 0.25) is 0 Å². The van der Waals surface area contributed by atoms with Crippen molar-refractivity contribution in [3.8, 4) is 0 Å². The van der Waals surface area contributed by atoms with Crippen LogP contribution in [-0.2, 0) is 16.1 Å². The number of aldehydes is 1. The van der Waals surface area contributed by atoms with Crippen LogP contribution in [-0.4, -0.2) is 13.4 Å². The van der Waals surface area contributed by atoms with Crippen LogP contribution in [0.25, 0.3) is 0 Å². The standard InChI is InChI=1S/C8H10O.C3H4O/c1-9-7-8-5-3-2-4-6-8;1-2-3-4/h2-6H,7H2,1H3;2-3H,1H2. The summed E-state index contributed by atoms with van der Waals surface area (Å²) in [5, 5.41) is 0. The molecule has 0 radical (unpaired) electrons. The first-order valence-corrected chi connectivity index (χ1v) is 3.94. The molecule has 0 bridgehead atoms. The minimum Gasteiger partial charge on any atom is -0.380 e. The van der Waals surface area contributed by atoms with Crippen molar-refractivity contribution >= 4 is 6.29 Å². The van der Waals surface area contributed by atoms with Crippen LogP contribution in [0.1, 0.15) is 5.56 Å². The zero-order valence-corrected chi connectivity index (χ0v) is 7.77. The second-order valence-electron chi connectivity index (χ2n) is 2.29. The number of carbonyl (C=O) groups is 1. The van der Waals surface area contributed by atoms with Gasteiger partial charge in [-0.1, -0.05) is 36.9 Å². The molecule has 0 N–H and O–H groups in total. The Morgan fingerprint density at radius 2 is 1.92 bits per heavy atom. The van der Waals surface area contributed by atoms with Gasteiger partial charge < -0.3 is 4.74 Å². The minimum atomic E-state index is 0.639. The van der Waals surface area contributed by atoms with Crippen molar-refractivity contribution in [2.24, 2.45) is 0 Å². The van der Waals surface area contributed by atoms with Gasteiger partial charge in [0.05, 0.1) is 6.61 Å². The summed E-state index contributed by atoms with van der Waals surface area (Å²) in [6.45, 7) is 3.82. The summed E-state index contributed by atoms with van der Waals surface area (Å²) in [5.41, 5.74) is 1.22. The molecule has 0 atom stereocenters. The molecule has 2 heteroatoms. The normalized spacial score (nSPS) is 8.08. The molecule has 1 aromatic rings. The number of hydrogen-bond donors (Lipinski definition) is 0. The molecule has 13 heavy (non-hydrogen) atoms. The predicted molar refractivity (Wildman–Crippen MR) is 53.4 cm³/mol. The summed E-state index contributed by atoms with van der Waals surface area (Å²) in [4.78, 5) is 9.06. The maximum Gasteiger partial charge on any atom is 0.142 e. The molecule has 0 heterocycles. The minimum absolute atomic E-state index is 0.639. The third-order valence-corrected chi connectivity index (χ3v) is 1.25. The van der Waals surface area contributed by atoms with E-state index in [1.165, 1.54) is 11.6 Å². The Labute approximate surface area is 78.8 Å². The highest BCUT2D eigenvalue weighted by Crippen LogP contribution is 1.98. The molecule has 0 saturated heterocycles. The van der Waals surface area contributed by atoms with Crippen LogP contribution in [0.3, 0.4) is 0 Å². The van der Waals surface area contributed by atoms with Crippen LogP contribution >= 0.6 is 0 Å². The van der Waals surface area contributed by atoms with Crippen LogP contribution in [0, 0.1) is 0 Å². The number of rotatable bonds is 3. The lowest BCUT2D eigenvalue weighted by Gasteiger charge is -1.95. The quantitative estimate of drug-likeness (QED) is 0.524. The van der Waals surface area contributed by atoms with Gasteiger partial charge in [-0.3, -0.25) is 4.79 Å². The van der Waals surface area contributed by atoms with Gasteiger partial charge in [0.25, 0.3) is 0 Å². The second kappa shape index (κ2) is 8.68. The number of carbonyl (C=O) groups excluding carboxylic acids is 1. The van der Waals surface area contributed by atoms with Gasteiger partial charge in [0.1, 0.15) is 6.29 Å². The van der Waals surface area contributed by atoms with E-state index in [9.17, 15) is 0 Å². The van der Waals surface area contributed by atoms with Gasteiger partial charge in [0.2, 0.25) is 0 Å². The fourth-order valence-electron chi connectivity index (χ4n) is 0.741. The molecule has 0 amide bonds. The van der Waals surface area contributed by atoms with Crippen molar-refractivity contribution in [3.63, 3.8) is 0 Å². The number of allylic oxidation sites excluding steroid dienone is 1. The maximum absolute atomic E-state index is 9.06. The molecule has 70 valence electrons. The molecule has 0 aliphatic rings. The Bertz CT molecular complexity index is 223. The molecule has 0 spiro atoms. The first kappa shape index (κ1) is 11.6. The SMILES string of the molecule is C=CC=O.COCc1ccccc1. The monoisotopic (exact) mass is 178 g/mol. The molecular weight excluding hydrogens is 164 g/mol. The number of ether oxygens (including phenoxy) is 1. The fourth-order valence-corrected chi connectivity index (χ4v) is 0.741. The lowest BCUT2D eigenvalue weighted by atomic mass is 10.2. The molecule has 1 aromatic carbocycles. The second-order valence-corrected chi connectivity index (χ2v) is 2.29. The molecule has 0 aliphatic heterocycles. The van der Waals surface area contributed by atoms with Crippen molar-refractivity contribution < 1.29 is 9.53 Å².